The summed E-state index contributed by atoms with van der Waals surface area (Å²) in [5, 5.41) is 2.86. The fraction of sp³-hybridized carbons (Fsp3) is 0.923. The average molecular weight is 211 g/mol. The normalized spacial score (nSPS) is 19.9. The van der Waals surface area contributed by atoms with Crippen LogP contribution in [-0.4, -0.2) is 12.5 Å². The second-order valence-corrected chi connectivity index (χ2v) is 5.00. The fourth-order valence-electron chi connectivity index (χ4n) is 2.63. The van der Waals surface area contributed by atoms with Gasteiger partial charge in [-0.25, -0.2) is 0 Å². The van der Waals surface area contributed by atoms with E-state index < -0.39 is 0 Å². The summed E-state index contributed by atoms with van der Waals surface area (Å²) in [6.45, 7) is 4.82. The lowest BCUT2D eigenvalue weighted by Crippen LogP contribution is -2.22. The van der Waals surface area contributed by atoms with Gasteiger partial charge in [0.15, 0.2) is 0 Å². The average Bonchev–Trinajstić information content (AvgIpc) is 2.25. The van der Waals surface area contributed by atoms with Crippen molar-refractivity contribution >= 4 is 5.91 Å². The molecule has 1 fully saturated rings. The van der Waals surface area contributed by atoms with Crippen LogP contribution in [0.15, 0.2) is 0 Å². The number of amides is 1. The molecule has 0 spiro atoms. The SMILES string of the molecule is CC(=O)NCCC[C@@H](C)C1CCCCC1. The number of carbonyl (C=O) groups excluding carboxylic acids is 1. The van der Waals surface area contributed by atoms with Crippen LogP contribution in [0.2, 0.25) is 0 Å². The Morgan fingerprint density at radius 2 is 2.00 bits per heavy atom. The number of rotatable bonds is 5. The van der Waals surface area contributed by atoms with Crippen molar-refractivity contribution in [2.75, 3.05) is 6.54 Å². The number of carbonyl (C=O) groups is 1. The maximum Gasteiger partial charge on any atom is 0.216 e. The summed E-state index contributed by atoms with van der Waals surface area (Å²) in [6.07, 6.45) is 9.57. The van der Waals surface area contributed by atoms with Gasteiger partial charge in [0.05, 0.1) is 0 Å². The van der Waals surface area contributed by atoms with E-state index in [9.17, 15) is 4.79 Å². The molecule has 0 bridgehead atoms. The second-order valence-electron chi connectivity index (χ2n) is 5.00. The van der Waals surface area contributed by atoms with Crippen LogP contribution in [0.3, 0.4) is 0 Å². The van der Waals surface area contributed by atoms with Crippen LogP contribution in [0.4, 0.5) is 0 Å². The zero-order valence-electron chi connectivity index (χ0n) is 10.2. The lowest BCUT2D eigenvalue weighted by molar-refractivity contribution is -0.118. The van der Waals surface area contributed by atoms with Crippen molar-refractivity contribution in [3.8, 4) is 0 Å². The van der Waals surface area contributed by atoms with Gasteiger partial charge in [0, 0.05) is 13.5 Å². The van der Waals surface area contributed by atoms with Gasteiger partial charge < -0.3 is 5.32 Å². The number of nitrogens with one attached hydrogen (secondary N) is 1. The zero-order valence-corrected chi connectivity index (χ0v) is 10.2. The Kier molecular flexibility index (Phi) is 5.74. The van der Waals surface area contributed by atoms with Crippen molar-refractivity contribution in [2.45, 2.75) is 58.8 Å². The van der Waals surface area contributed by atoms with E-state index in [2.05, 4.69) is 12.2 Å². The lowest BCUT2D eigenvalue weighted by atomic mass is 9.79. The van der Waals surface area contributed by atoms with Crippen molar-refractivity contribution in [1.29, 1.82) is 0 Å². The Bertz CT molecular complexity index is 185. The minimum Gasteiger partial charge on any atom is -0.356 e. The molecule has 1 aliphatic rings. The Balaban J connectivity index is 2.06. The van der Waals surface area contributed by atoms with Crippen LogP contribution in [0.25, 0.3) is 0 Å². The molecule has 0 radical (unpaired) electrons. The monoisotopic (exact) mass is 211 g/mol. The molecule has 2 heteroatoms. The molecule has 0 saturated heterocycles. The number of hydrogen-bond acceptors (Lipinski definition) is 1. The summed E-state index contributed by atoms with van der Waals surface area (Å²) >= 11 is 0. The summed E-state index contributed by atoms with van der Waals surface area (Å²) in [4.78, 5) is 10.7. The Morgan fingerprint density at radius 1 is 1.33 bits per heavy atom. The molecule has 0 heterocycles. The molecule has 0 aliphatic heterocycles. The Morgan fingerprint density at radius 3 is 2.60 bits per heavy atom. The third-order valence-electron chi connectivity index (χ3n) is 3.66. The van der Waals surface area contributed by atoms with Gasteiger partial charge in [0.1, 0.15) is 0 Å². The molecule has 1 atom stereocenters. The van der Waals surface area contributed by atoms with Gasteiger partial charge in [-0.1, -0.05) is 39.0 Å². The quantitative estimate of drug-likeness (QED) is 0.696. The van der Waals surface area contributed by atoms with E-state index in [4.69, 9.17) is 0 Å². The van der Waals surface area contributed by atoms with Crippen molar-refractivity contribution in [2.24, 2.45) is 11.8 Å². The highest BCUT2D eigenvalue weighted by molar-refractivity contribution is 5.72. The minimum absolute atomic E-state index is 0.0975. The molecular formula is C13H25NO. The van der Waals surface area contributed by atoms with Crippen molar-refractivity contribution in [3.63, 3.8) is 0 Å². The van der Waals surface area contributed by atoms with E-state index in [1.165, 1.54) is 38.5 Å². The first-order valence-corrected chi connectivity index (χ1v) is 6.44. The predicted octanol–water partition coefficient (Wildman–Crippen LogP) is 3.12. The first kappa shape index (κ1) is 12.5. The molecule has 88 valence electrons. The molecule has 0 aromatic rings. The second kappa shape index (κ2) is 6.86. The maximum absolute atomic E-state index is 10.7. The summed E-state index contributed by atoms with van der Waals surface area (Å²) in [7, 11) is 0. The molecule has 1 rings (SSSR count). The molecule has 0 unspecified atom stereocenters. The molecular weight excluding hydrogens is 186 g/mol. The van der Waals surface area contributed by atoms with E-state index in [-0.39, 0.29) is 5.91 Å². The third-order valence-corrected chi connectivity index (χ3v) is 3.66. The van der Waals surface area contributed by atoms with E-state index in [1.54, 1.807) is 6.92 Å². The molecule has 15 heavy (non-hydrogen) atoms. The maximum atomic E-state index is 10.7. The predicted molar refractivity (Wildman–Crippen MR) is 63.7 cm³/mol. The molecule has 0 aromatic carbocycles. The van der Waals surface area contributed by atoms with Crippen LogP contribution in [0, 0.1) is 11.8 Å². The molecule has 2 nitrogen and oxygen atoms in total. The van der Waals surface area contributed by atoms with Crippen LogP contribution in [0.5, 0.6) is 0 Å². The standard InChI is InChI=1S/C13H25NO/c1-11(7-6-10-14-12(2)15)13-8-4-3-5-9-13/h11,13H,3-10H2,1-2H3,(H,14,15)/t11-/m1/s1. The van der Waals surface area contributed by atoms with Crippen LogP contribution in [0.1, 0.15) is 58.8 Å². The van der Waals surface area contributed by atoms with Crippen LogP contribution < -0.4 is 5.32 Å². The molecule has 1 aliphatic carbocycles. The molecule has 1 N–H and O–H groups in total. The van der Waals surface area contributed by atoms with Crippen molar-refractivity contribution in [1.82, 2.24) is 5.32 Å². The minimum atomic E-state index is 0.0975. The van der Waals surface area contributed by atoms with Gasteiger partial charge in [-0.15, -0.1) is 0 Å². The first-order valence-electron chi connectivity index (χ1n) is 6.44. The smallest absolute Gasteiger partial charge is 0.216 e. The highest BCUT2D eigenvalue weighted by atomic mass is 16.1. The summed E-state index contributed by atoms with van der Waals surface area (Å²) in [5.74, 6) is 1.90. The molecule has 1 amide bonds. The van der Waals surface area contributed by atoms with Gasteiger partial charge in [0.2, 0.25) is 5.91 Å². The zero-order chi connectivity index (χ0) is 11.1. The lowest BCUT2D eigenvalue weighted by Gasteiger charge is -2.27. The topological polar surface area (TPSA) is 29.1 Å². The summed E-state index contributed by atoms with van der Waals surface area (Å²) < 4.78 is 0. The van der Waals surface area contributed by atoms with Gasteiger partial charge in [-0.2, -0.15) is 0 Å². The fourth-order valence-corrected chi connectivity index (χ4v) is 2.63. The van der Waals surface area contributed by atoms with E-state index in [1.807, 2.05) is 0 Å². The summed E-state index contributed by atoms with van der Waals surface area (Å²) in [6, 6.07) is 0. The third kappa shape index (κ3) is 5.19. The van der Waals surface area contributed by atoms with Crippen molar-refractivity contribution < 1.29 is 4.79 Å². The highest BCUT2D eigenvalue weighted by Crippen LogP contribution is 2.31. The van der Waals surface area contributed by atoms with Crippen molar-refractivity contribution in [3.05, 3.63) is 0 Å². The van der Waals surface area contributed by atoms with Gasteiger partial charge in [-0.3, -0.25) is 4.79 Å². The largest absolute Gasteiger partial charge is 0.356 e. The number of hydrogen-bond donors (Lipinski definition) is 1. The van der Waals surface area contributed by atoms with Gasteiger partial charge in [0.25, 0.3) is 0 Å². The Hall–Kier alpha value is -0.530. The van der Waals surface area contributed by atoms with Gasteiger partial charge >= 0.3 is 0 Å². The van der Waals surface area contributed by atoms with Gasteiger partial charge in [-0.05, 0) is 24.7 Å². The van der Waals surface area contributed by atoms with E-state index >= 15 is 0 Å². The first-order chi connectivity index (χ1) is 7.20. The van der Waals surface area contributed by atoms with E-state index in [0.717, 1.165) is 24.8 Å². The van der Waals surface area contributed by atoms with Crippen LogP contribution >= 0.6 is 0 Å². The summed E-state index contributed by atoms with van der Waals surface area (Å²) in [5.41, 5.74) is 0. The van der Waals surface area contributed by atoms with E-state index in [0.29, 0.717) is 0 Å². The Labute approximate surface area is 93.8 Å². The van der Waals surface area contributed by atoms with Crippen LogP contribution in [-0.2, 0) is 4.79 Å². The molecule has 1 saturated carbocycles. The molecule has 0 aromatic heterocycles. The highest BCUT2D eigenvalue weighted by Gasteiger charge is 2.19.